The summed E-state index contributed by atoms with van der Waals surface area (Å²) in [4.78, 5) is 0. The van der Waals surface area contributed by atoms with Crippen molar-refractivity contribution in [2.24, 2.45) is 0 Å². The lowest BCUT2D eigenvalue weighted by Gasteiger charge is -2.33. The fraction of sp³-hybridized carbons (Fsp3) is 0.529. The molecule has 108 valence electrons. The Hall–Kier alpha value is -1.48. The lowest BCUT2D eigenvalue weighted by atomic mass is 9.85. The molecule has 0 aliphatic carbocycles. The summed E-state index contributed by atoms with van der Waals surface area (Å²) in [5, 5.41) is 3.67. The van der Waals surface area contributed by atoms with Crippen molar-refractivity contribution in [2.75, 3.05) is 19.8 Å². The summed E-state index contributed by atoms with van der Waals surface area (Å²) in [7, 11) is 0. The highest BCUT2D eigenvalue weighted by molar-refractivity contribution is 5.40. The zero-order chi connectivity index (χ0) is 13.8. The summed E-state index contributed by atoms with van der Waals surface area (Å²) >= 11 is 0. The van der Waals surface area contributed by atoms with E-state index in [-0.39, 0.29) is 6.04 Å². The van der Waals surface area contributed by atoms with Crippen LogP contribution >= 0.6 is 0 Å². The normalized spacial score (nSPS) is 22.4. The average Bonchev–Trinajstić information content (AvgIpc) is 3.02. The van der Waals surface area contributed by atoms with Gasteiger partial charge in [-0.15, -0.1) is 0 Å². The van der Waals surface area contributed by atoms with Crippen molar-refractivity contribution in [3.05, 3.63) is 41.7 Å². The minimum atomic E-state index is 0.280. The summed E-state index contributed by atoms with van der Waals surface area (Å²) in [6.45, 7) is 4.83. The number of rotatable bonds is 5. The van der Waals surface area contributed by atoms with E-state index in [0.29, 0.717) is 5.92 Å². The maximum Gasteiger partial charge on any atom is 0.122 e. The third-order valence-corrected chi connectivity index (χ3v) is 4.06. The first-order valence-electron chi connectivity index (χ1n) is 7.68. The lowest BCUT2D eigenvalue weighted by molar-refractivity contribution is 0.187. The maximum absolute atomic E-state index is 5.84. The number of fused-ring (bicyclic) bond motifs is 1. The molecule has 2 aliphatic rings. The van der Waals surface area contributed by atoms with E-state index >= 15 is 0 Å². The molecule has 2 heterocycles. The molecule has 1 N–H and O–H groups in total. The average molecular weight is 273 g/mol. The van der Waals surface area contributed by atoms with Crippen LogP contribution in [0.2, 0.25) is 0 Å². The van der Waals surface area contributed by atoms with Gasteiger partial charge < -0.3 is 14.8 Å². The number of nitrogens with one attached hydrogen (secondary N) is 1. The third-order valence-electron chi connectivity index (χ3n) is 4.06. The Bertz CT molecular complexity index is 484. The van der Waals surface area contributed by atoms with E-state index in [4.69, 9.17) is 9.47 Å². The van der Waals surface area contributed by atoms with Crippen molar-refractivity contribution >= 4 is 0 Å². The summed E-state index contributed by atoms with van der Waals surface area (Å²) in [6.07, 6.45) is 5.45. The second-order valence-electron chi connectivity index (χ2n) is 5.46. The highest BCUT2D eigenvalue weighted by Gasteiger charge is 2.32. The van der Waals surface area contributed by atoms with Crippen molar-refractivity contribution in [3.8, 4) is 5.75 Å². The molecule has 0 aromatic heterocycles. The smallest absolute Gasteiger partial charge is 0.122 e. The van der Waals surface area contributed by atoms with E-state index in [1.165, 1.54) is 5.56 Å². The van der Waals surface area contributed by atoms with Gasteiger partial charge in [-0.25, -0.2) is 0 Å². The molecule has 3 heteroatoms. The Balaban J connectivity index is 1.87. The Morgan fingerprint density at radius 2 is 2.15 bits per heavy atom. The van der Waals surface area contributed by atoms with Gasteiger partial charge in [0.1, 0.15) is 11.5 Å². The number of hydrogen-bond acceptors (Lipinski definition) is 3. The lowest BCUT2D eigenvalue weighted by Crippen LogP contribution is -2.39. The highest BCUT2D eigenvalue weighted by Crippen LogP contribution is 2.38. The zero-order valence-electron chi connectivity index (χ0n) is 12.1. The van der Waals surface area contributed by atoms with Crippen molar-refractivity contribution in [3.63, 3.8) is 0 Å². The fourth-order valence-electron chi connectivity index (χ4n) is 3.11. The molecular formula is C17H23NO2. The van der Waals surface area contributed by atoms with Crippen molar-refractivity contribution in [2.45, 2.75) is 38.1 Å². The molecule has 20 heavy (non-hydrogen) atoms. The first-order valence-corrected chi connectivity index (χ1v) is 7.68. The summed E-state index contributed by atoms with van der Waals surface area (Å²) in [6, 6.07) is 8.68. The second kappa shape index (κ2) is 6.31. The van der Waals surface area contributed by atoms with Crippen LogP contribution < -0.4 is 10.1 Å². The first kappa shape index (κ1) is 13.5. The Labute approximate surface area is 121 Å². The quantitative estimate of drug-likeness (QED) is 0.893. The van der Waals surface area contributed by atoms with E-state index in [1.807, 2.05) is 6.07 Å². The van der Waals surface area contributed by atoms with Crippen molar-refractivity contribution in [1.82, 2.24) is 5.32 Å². The third kappa shape index (κ3) is 2.68. The van der Waals surface area contributed by atoms with E-state index in [2.05, 4.69) is 36.5 Å². The number of para-hydroxylation sites is 1. The van der Waals surface area contributed by atoms with Crippen molar-refractivity contribution in [1.29, 1.82) is 0 Å². The van der Waals surface area contributed by atoms with E-state index in [9.17, 15) is 0 Å². The van der Waals surface area contributed by atoms with Crippen LogP contribution in [-0.2, 0) is 4.74 Å². The predicted molar refractivity (Wildman–Crippen MR) is 80.0 cm³/mol. The van der Waals surface area contributed by atoms with Crippen LogP contribution in [0.1, 0.15) is 37.7 Å². The fourth-order valence-corrected chi connectivity index (χ4v) is 3.11. The van der Waals surface area contributed by atoms with Gasteiger partial charge in [0.05, 0.1) is 19.3 Å². The molecule has 2 unspecified atom stereocenters. The van der Waals surface area contributed by atoms with Crippen LogP contribution in [0.25, 0.3) is 0 Å². The van der Waals surface area contributed by atoms with Gasteiger partial charge in [0.15, 0.2) is 0 Å². The maximum atomic E-state index is 5.84. The summed E-state index contributed by atoms with van der Waals surface area (Å²) in [5.41, 5.74) is 1.31. The topological polar surface area (TPSA) is 30.5 Å². The van der Waals surface area contributed by atoms with E-state index in [0.717, 1.165) is 50.5 Å². The Morgan fingerprint density at radius 3 is 2.95 bits per heavy atom. The molecule has 3 rings (SSSR count). The molecular weight excluding hydrogens is 250 g/mol. The van der Waals surface area contributed by atoms with Crippen molar-refractivity contribution < 1.29 is 9.47 Å². The van der Waals surface area contributed by atoms with Gasteiger partial charge in [-0.2, -0.15) is 0 Å². The van der Waals surface area contributed by atoms with Crippen LogP contribution in [0.4, 0.5) is 0 Å². The van der Waals surface area contributed by atoms with Gasteiger partial charge in [0.2, 0.25) is 0 Å². The molecule has 0 amide bonds. The van der Waals surface area contributed by atoms with Gasteiger partial charge in [0.25, 0.3) is 0 Å². The standard InChI is InChI=1S/C17H23NO2/c1-2-10-18-17(16-8-5-11-19-16)14-9-12-20-15-7-4-3-6-13(14)15/h3-4,6-8,14,17-18H,2,5,9-12H2,1H3. The SMILES string of the molecule is CCCNC(C1=CCCO1)C1CCOc2ccccc21. The first-order chi connectivity index (χ1) is 9.90. The molecule has 2 aliphatic heterocycles. The van der Waals surface area contributed by atoms with Crippen LogP contribution in [-0.4, -0.2) is 25.8 Å². The summed E-state index contributed by atoms with van der Waals surface area (Å²) in [5.74, 6) is 2.60. The van der Waals surface area contributed by atoms with Crippen LogP contribution in [0.3, 0.4) is 0 Å². The van der Waals surface area contributed by atoms with Crippen LogP contribution in [0, 0.1) is 0 Å². The van der Waals surface area contributed by atoms with E-state index < -0.39 is 0 Å². The largest absolute Gasteiger partial charge is 0.496 e. The number of ether oxygens (including phenoxy) is 2. The molecule has 0 spiro atoms. The van der Waals surface area contributed by atoms with Crippen LogP contribution in [0.5, 0.6) is 5.75 Å². The molecule has 2 atom stereocenters. The Kier molecular flexibility index (Phi) is 4.26. The van der Waals surface area contributed by atoms with Gasteiger partial charge in [-0.3, -0.25) is 0 Å². The zero-order valence-corrected chi connectivity index (χ0v) is 12.1. The molecule has 0 fully saturated rings. The molecule has 1 aromatic carbocycles. The monoisotopic (exact) mass is 273 g/mol. The minimum Gasteiger partial charge on any atom is -0.496 e. The van der Waals surface area contributed by atoms with Gasteiger partial charge in [-0.05, 0) is 37.1 Å². The molecule has 3 nitrogen and oxygen atoms in total. The molecule has 0 radical (unpaired) electrons. The van der Waals surface area contributed by atoms with Gasteiger partial charge >= 0.3 is 0 Å². The molecule has 0 saturated carbocycles. The molecule has 0 bridgehead atoms. The predicted octanol–water partition coefficient (Wildman–Crippen LogP) is 3.23. The van der Waals surface area contributed by atoms with Gasteiger partial charge in [0, 0.05) is 12.3 Å². The highest BCUT2D eigenvalue weighted by atomic mass is 16.5. The number of benzene rings is 1. The van der Waals surface area contributed by atoms with Crippen LogP contribution in [0.15, 0.2) is 36.1 Å². The second-order valence-corrected chi connectivity index (χ2v) is 5.46. The minimum absolute atomic E-state index is 0.280. The molecule has 1 aromatic rings. The Morgan fingerprint density at radius 1 is 1.25 bits per heavy atom. The number of hydrogen-bond donors (Lipinski definition) is 1. The van der Waals surface area contributed by atoms with Gasteiger partial charge in [-0.1, -0.05) is 25.1 Å². The summed E-state index contributed by atoms with van der Waals surface area (Å²) < 4.78 is 11.6. The van der Waals surface area contributed by atoms with E-state index in [1.54, 1.807) is 0 Å². The molecule has 0 saturated heterocycles.